The van der Waals surface area contributed by atoms with Crippen molar-refractivity contribution < 1.29 is 4.74 Å². The van der Waals surface area contributed by atoms with Gasteiger partial charge in [0.1, 0.15) is 0 Å². The fourth-order valence-corrected chi connectivity index (χ4v) is 3.10. The van der Waals surface area contributed by atoms with Crippen LogP contribution in [-0.4, -0.2) is 18.0 Å². The fourth-order valence-electron chi connectivity index (χ4n) is 1.88. The number of ether oxygens (including phenoxy) is 1. The van der Waals surface area contributed by atoms with Crippen LogP contribution in [0.3, 0.4) is 0 Å². The van der Waals surface area contributed by atoms with Crippen LogP contribution in [0.15, 0.2) is 23.1 Å². The first-order chi connectivity index (χ1) is 7.70. The zero-order valence-corrected chi connectivity index (χ0v) is 10.4. The zero-order valence-electron chi connectivity index (χ0n) is 9.56. The van der Waals surface area contributed by atoms with Crippen molar-refractivity contribution in [2.45, 2.75) is 36.5 Å². The molecule has 1 fully saturated rings. The number of rotatable bonds is 2. The van der Waals surface area contributed by atoms with Gasteiger partial charge < -0.3 is 4.74 Å². The van der Waals surface area contributed by atoms with E-state index in [1.54, 1.807) is 0 Å². The Balaban J connectivity index is 2.11. The van der Waals surface area contributed by atoms with Crippen LogP contribution >= 0.6 is 11.8 Å². The summed E-state index contributed by atoms with van der Waals surface area (Å²) in [4.78, 5) is 1.24. The molecule has 1 aromatic rings. The minimum Gasteiger partial charge on any atom is -0.377 e. The number of nitriles is 1. The minimum absolute atomic E-state index is 0.334. The number of thioether (sulfide) groups is 1. The molecule has 2 atom stereocenters. The van der Waals surface area contributed by atoms with Crippen LogP contribution in [0.5, 0.6) is 0 Å². The van der Waals surface area contributed by atoms with E-state index in [1.165, 1.54) is 4.90 Å². The lowest BCUT2D eigenvalue weighted by atomic mass is 10.1. The Labute approximate surface area is 101 Å². The molecule has 2 rings (SSSR count). The highest BCUT2D eigenvalue weighted by Gasteiger charge is 2.25. The van der Waals surface area contributed by atoms with Gasteiger partial charge in [0.25, 0.3) is 0 Å². The highest BCUT2D eigenvalue weighted by Crippen LogP contribution is 2.33. The second-order valence-electron chi connectivity index (χ2n) is 4.11. The normalized spacial score (nSPS) is 24.3. The lowest BCUT2D eigenvalue weighted by Gasteiger charge is -2.13. The zero-order chi connectivity index (χ0) is 11.5. The molecule has 84 valence electrons. The maximum absolute atomic E-state index is 8.86. The SMILES string of the molecule is Cc1cc(SC2CCOC2C)ccc1C#N. The predicted molar refractivity (Wildman–Crippen MR) is 65.6 cm³/mol. The van der Waals surface area contributed by atoms with Gasteiger partial charge in [-0.3, -0.25) is 0 Å². The van der Waals surface area contributed by atoms with Gasteiger partial charge in [0.2, 0.25) is 0 Å². The monoisotopic (exact) mass is 233 g/mol. The molecule has 0 radical (unpaired) electrons. The summed E-state index contributed by atoms with van der Waals surface area (Å²) in [6, 6.07) is 8.21. The first kappa shape index (κ1) is 11.5. The Kier molecular flexibility index (Phi) is 3.52. The third-order valence-electron chi connectivity index (χ3n) is 2.91. The molecule has 1 heterocycles. The van der Waals surface area contributed by atoms with E-state index in [0.29, 0.717) is 11.4 Å². The minimum atomic E-state index is 0.334. The molecule has 0 N–H and O–H groups in total. The average Bonchev–Trinajstić information content (AvgIpc) is 2.65. The summed E-state index contributed by atoms with van der Waals surface area (Å²) in [7, 11) is 0. The molecule has 2 unspecified atom stereocenters. The van der Waals surface area contributed by atoms with Gasteiger partial charge in [0.15, 0.2) is 0 Å². The Bertz CT molecular complexity index is 424. The third-order valence-corrected chi connectivity index (χ3v) is 4.36. The second-order valence-corrected chi connectivity index (χ2v) is 5.42. The summed E-state index contributed by atoms with van der Waals surface area (Å²) in [5.74, 6) is 0. The van der Waals surface area contributed by atoms with Crippen molar-refractivity contribution in [3.05, 3.63) is 29.3 Å². The molecule has 1 aliphatic heterocycles. The molecular weight excluding hydrogens is 218 g/mol. The van der Waals surface area contributed by atoms with Gasteiger partial charge in [-0.15, -0.1) is 11.8 Å². The van der Waals surface area contributed by atoms with Crippen LogP contribution in [0.25, 0.3) is 0 Å². The van der Waals surface area contributed by atoms with Crippen LogP contribution in [0.1, 0.15) is 24.5 Å². The van der Waals surface area contributed by atoms with E-state index in [-0.39, 0.29) is 0 Å². The molecule has 2 nitrogen and oxygen atoms in total. The van der Waals surface area contributed by atoms with E-state index < -0.39 is 0 Å². The smallest absolute Gasteiger partial charge is 0.0994 e. The van der Waals surface area contributed by atoms with Crippen LogP contribution in [-0.2, 0) is 4.74 Å². The number of hydrogen-bond acceptors (Lipinski definition) is 3. The van der Waals surface area contributed by atoms with E-state index in [2.05, 4.69) is 19.1 Å². The predicted octanol–water partition coefficient (Wildman–Crippen LogP) is 3.14. The molecule has 1 aliphatic rings. The molecular formula is C13H15NOS. The number of hydrogen-bond donors (Lipinski definition) is 0. The van der Waals surface area contributed by atoms with Gasteiger partial charge in [-0.1, -0.05) is 0 Å². The van der Waals surface area contributed by atoms with Crippen molar-refractivity contribution in [2.75, 3.05) is 6.61 Å². The van der Waals surface area contributed by atoms with E-state index >= 15 is 0 Å². The molecule has 0 spiro atoms. The summed E-state index contributed by atoms with van der Waals surface area (Å²) in [6.45, 7) is 4.98. The summed E-state index contributed by atoms with van der Waals surface area (Å²) in [5, 5.41) is 9.41. The van der Waals surface area contributed by atoms with Crippen molar-refractivity contribution in [3.8, 4) is 6.07 Å². The van der Waals surface area contributed by atoms with Gasteiger partial charge in [-0.05, 0) is 44.0 Å². The fraction of sp³-hybridized carbons (Fsp3) is 0.462. The molecule has 1 aromatic carbocycles. The van der Waals surface area contributed by atoms with Crippen LogP contribution in [0.4, 0.5) is 0 Å². The highest BCUT2D eigenvalue weighted by atomic mass is 32.2. The maximum Gasteiger partial charge on any atom is 0.0994 e. The van der Waals surface area contributed by atoms with Crippen molar-refractivity contribution in [3.63, 3.8) is 0 Å². The van der Waals surface area contributed by atoms with E-state index in [9.17, 15) is 0 Å². The average molecular weight is 233 g/mol. The van der Waals surface area contributed by atoms with Crippen molar-refractivity contribution >= 4 is 11.8 Å². The van der Waals surface area contributed by atoms with Gasteiger partial charge in [0, 0.05) is 16.8 Å². The van der Waals surface area contributed by atoms with Gasteiger partial charge in [-0.25, -0.2) is 0 Å². The summed E-state index contributed by atoms with van der Waals surface area (Å²) in [5.41, 5.74) is 1.82. The molecule has 0 aromatic heterocycles. The Morgan fingerprint density at radius 1 is 1.50 bits per heavy atom. The van der Waals surface area contributed by atoms with E-state index in [0.717, 1.165) is 24.2 Å². The standard InChI is InChI=1S/C13H15NOS/c1-9-7-12(4-3-11(9)8-14)16-13-5-6-15-10(13)2/h3-4,7,10,13H,5-6H2,1-2H3. The Hall–Kier alpha value is -0.980. The van der Waals surface area contributed by atoms with Gasteiger partial charge in [0.05, 0.1) is 17.7 Å². The van der Waals surface area contributed by atoms with Gasteiger partial charge in [-0.2, -0.15) is 5.26 Å². The van der Waals surface area contributed by atoms with Gasteiger partial charge >= 0.3 is 0 Å². The van der Waals surface area contributed by atoms with Crippen molar-refractivity contribution in [1.29, 1.82) is 5.26 Å². The maximum atomic E-state index is 8.86. The van der Waals surface area contributed by atoms with Crippen LogP contribution in [0, 0.1) is 18.3 Å². The largest absolute Gasteiger partial charge is 0.377 e. The van der Waals surface area contributed by atoms with Crippen LogP contribution < -0.4 is 0 Å². The molecule has 0 saturated carbocycles. The molecule has 16 heavy (non-hydrogen) atoms. The third kappa shape index (κ3) is 2.40. The molecule has 0 aliphatic carbocycles. The summed E-state index contributed by atoms with van der Waals surface area (Å²) in [6.07, 6.45) is 1.45. The molecule has 1 saturated heterocycles. The quantitative estimate of drug-likeness (QED) is 0.786. The molecule has 3 heteroatoms. The number of benzene rings is 1. The second kappa shape index (κ2) is 4.90. The summed E-state index contributed by atoms with van der Waals surface area (Å²) < 4.78 is 5.54. The molecule has 0 amide bonds. The highest BCUT2D eigenvalue weighted by molar-refractivity contribution is 8.00. The van der Waals surface area contributed by atoms with E-state index in [4.69, 9.17) is 10.00 Å². The Morgan fingerprint density at radius 2 is 2.31 bits per heavy atom. The van der Waals surface area contributed by atoms with E-state index in [1.807, 2.05) is 30.8 Å². The lowest BCUT2D eigenvalue weighted by Crippen LogP contribution is -2.12. The first-order valence-corrected chi connectivity index (χ1v) is 6.37. The number of aryl methyl sites for hydroxylation is 1. The van der Waals surface area contributed by atoms with Crippen LogP contribution in [0.2, 0.25) is 0 Å². The molecule has 0 bridgehead atoms. The lowest BCUT2D eigenvalue weighted by molar-refractivity contribution is 0.127. The topological polar surface area (TPSA) is 33.0 Å². The first-order valence-electron chi connectivity index (χ1n) is 5.49. The van der Waals surface area contributed by atoms with Crippen molar-refractivity contribution in [2.24, 2.45) is 0 Å². The Morgan fingerprint density at radius 3 is 2.88 bits per heavy atom. The number of nitrogens with zero attached hydrogens (tertiary/aromatic N) is 1. The summed E-state index contributed by atoms with van der Waals surface area (Å²) >= 11 is 1.86. The van der Waals surface area contributed by atoms with Crippen molar-refractivity contribution in [1.82, 2.24) is 0 Å².